The second kappa shape index (κ2) is 5.11. The van der Waals surface area contributed by atoms with Gasteiger partial charge in [0.1, 0.15) is 0 Å². The second-order valence-electron chi connectivity index (χ2n) is 3.04. The van der Waals surface area contributed by atoms with Crippen LogP contribution >= 0.6 is 12.6 Å². The number of carboxylic acid groups (broad SMARTS) is 2. The van der Waals surface area contributed by atoms with Crippen LogP contribution < -0.4 is 0 Å². The Morgan fingerprint density at radius 2 is 1.85 bits per heavy atom. The Balaban J connectivity index is 4.10. The zero-order valence-electron chi connectivity index (χ0n) is 7.49. The third-order valence-corrected chi connectivity index (χ3v) is 2.64. The molecule has 0 saturated heterocycles. The summed E-state index contributed by atoms with van der Waals surface area (Å²) in [6.45, 7) is 1.80. The van der Waals surface area contributed by atoms with Crippen molar-refractivity contribution < 1.29 is 19.8 Å². The lowest BCUT2D eigenvalue weighted by Gasteiger charge is -2.24. The van der Waals surface area contributed by atoms with E-state index in [1.807, 2.05) is 0 Å². The number of thiol groups is 1. The summed E-state index contributed by atoms with van der Waals surface area (Å²) in [6, 6.07) is 0. The van der Waals surface area contributed by atoms with Crippen LogP contribution in [0.2, 0.25) is 0 Å². The monoisotopic (exact) mass is 206 g/mol. The molecule has 4 nitrogen and oxygen atoms in total. The van der Waals surface area contributed by atoms with Crippen molar-refractivity contribution in [3.8, 4) is 0 Å². The molecule has 13 heavy (non-hydrogen) atoms. The van der Waals surface area contributed by atoms with Gasteiger partial charge in [0.2, 0.25) is 0 Å². The average Bonchev–Trinajstić information content (AvgIpc) is 2.00. The molecule has 0 aliphatic heterocycles. The maximum absolute atomic E-state index is 10.4. The molecule has 0 bridgehead atoms. The van der Waals surface area contributed by atoms with E-state index in [1.165, 1.54) is 0 Å². The molecule has 0 aliphatic rings. The first-order valence-electron chi connectivity index (χ1n) is 4.05. The van der Waals surface area contributed by atoms with Gasteiger partial charge in [-0.1, -0.05) is 6.92 Å². The van der Waals surface area contributed by atoms with E-state index < -0.39 is 16.7 Å². The molecule has 0 fully saturated rings. The average molecular weight is 206 g/mol. The summed E-state index contributed by atoms with van der Waals surface area (Å²) >= 11 is 4.19. The fourth-order valence-electron chi connectivity index (χ4n) is 1.01. The number of aliphatic carboxylic acids is 2. The highest BCUT2D eigenvalue weighted by molar-refractivity contribution is 7.81. The largest absolute Gasteiger partial charge is 0.481 e. The highest BCUT2D eigenvalue weighted by Crippen LogP contribution is 2.29. The van der Waals surface area contributed by atoms with Gasteiger partial charge < -0.3 is 10.2 Å². The molecule has 0 saturated carbocycles. The quantitative estimate of drug-likeness (QED) is 0.574. The molecule has 0 heterocycles. The van der Waals surface area contributed by atoms with Crippen molar-refractivity contribution in [3.05, 3.63) is 0 Å². The third-order valence-electron chi connectivity index (χ3n) is 1.94. The number of hydrogen-bond acceptors (Lipinski definition) is 3. The molecule has 76 valence electrons. The lowest BCUT2D eigenvalue weighted by Crippen LogP contribution is -2.25. The predicted octanol–water partition coefficient (Wildman–Crippen LogP) is 1.40. The first-order valence-corrected chi connectivity index (χ1v) is 4.50. The van der Waals surface area contributed by atoms with E-state index in [0.717, 1.165) is 0 Å². The molecule has 0 aromatic heterocycles. The Bertz CT molecular complexity index is 204. The molecule has 0 amide bonds. The van der Waals surface area contributed by atoms with Crippen LogP contribution in [-0.4, -0.2) is 26.9 Å². The molecule has 0 spiro atoms. The van der Waals surface area contributed by atoms with Crippen molar-refractivity contribution in [1.82, 2.24) is 0 Å². The Morgan fingerprint density at radius 3 is 2.15 bits per heavy atom. The zero-order chi connectivity index (χ0) is 10.5. The molecule has 5 heteroatoms. The van der Waals surface area contributed by atoms with E-state index in [1.54, 1.807) is 6.92 Å². The standard InChI is InChI=1S/C8H14O4S/c1-2-8(13,5-7(11)12)4-3-6(9)10/h13H,2-5H2,1H3,(H,9,10)(H,11,12). The van der Waals surface area contributed by atoms with Crippen LogP contribution in [0, 0.1) is 0 Å². The van der Waals surface area contributed by atoms with E-state index in [4.69, 9.17) is 10.2 Å². The van der Waals surface area contributed by atoms with Crippen LogP contribution in [0.15, 0.2) is 0 Å². The molecule has 0 aromatic carbocycles. The third kappa shape index (κ3) is 5.52. The molecular formula is C8H14O4S. The summed E-state index contributed by atoms with van der Waals surface area (Å²) < 4.78 is -0.690. The minimum absolute atomic E-state index is 0.0371. The number of rotatable bonds is 6. The van der Waals surface area contributed by atoms with Gasteiger partial charge in [-0.2, -0.15) is 12.6 Å². The lowest BCUT2D eigenvalue weighted by atomic mass is 9.95. The topological polar surface area (TPSA) is 74.6 Å². The molecule has 1 unspecified atom stereocenters. The van der Waals surface area contributed by atoms with Crippen LogP contribution in [0.4, 0.5) is 0 Å². The Hall–Kier alpha value is -0.710. The summed E-state index contributed by atoms with van der Waals surface area (Å²) in [5.41, 5.74) is 0. The maximum Gasteiger partial charge on any atom is 0.304 e. The van der Waals surface area contributed by atoms with Gasteiger partial charge in [-0.3, -0.25) is 9.59 Å². The van der Waals surface area contributed by atoms with Crippen LogP contribution in [0.3, 0.4) is 0 Å². The van der Waals surface area contributed by atoms with Crippen LogP contribution in [0.25, 0.3) is 0 Å². The van der Waals surface area contributed by atoms with Crippen LogP contribution in [0.1, 0.15) is 32.6 Å². The SMILES string of the molecule is CCC(S)(CCC(=O)O)CC(=O)O. The van der Waals surface area contributed by atoms with Gasteiger partial charge in [0, 0.05) is 11.2 Å². The highest BCUT2D eigenvalue weighted by Gasteiger charge is 2.27. The normalized spacial score (nSPS) is 14.9. The van der Waals surface area contributed by atoms with Crippen molar-refractivity contribution in [2.24, 2.45) is 0 Å². The van der Waals surface area contributed by atoms with Crippen molar-refractivity contribution in [1.29, 1.82) is 0 Å². The van der Waals surface area contributed by atoms with Gasteiger partial charge in [-0.15, -0.1) is 0 Å². The number of carbonyl (C=O) groups is 2. The summed E-state index contributed by atoms with van der Waals surface area (Å²) in [5.74, 6) is -1.86. The molecule has 0 aromatic rings. The fourth-order valence-corrected chi connectivity index (χ4v) is 1.26. The Morgan fingerprint density at radius 1 is 1.31 bits per heavy atom. The van der Waals surface area contributed by atoms with E-state index in [-0.39, 0.29) is 19.3 Å². The summed E-state index contributed by atoms with van der Waals surface area (Å²) in [4.78, 5) is 20.7. The molecule has 1 atom stereocenters. The molecular weight excluding hydrogens is 192 g/mol. The second-order valence-corrected chi connectivity index (χ2v) is 3.99. The van der Waals surface area contributed by atoms with E-state index >= 15 is 0 Å². The van der Waals surface area contributed by atoms with Crippen LogP contribution in [-0.2, 0) is 9.59 Å². The van der Waals surface area contributed by atoms with E-state index in [2.05, 4.69) is 12.6 Å². The van der Waals surface area contributed by atoms with Crippen molar-refractivity contribution >= 4 is 24.6 Å². The zero-order valence-corrected chi connectivity index (χ0v) is 8.38. The minimum Gasteiger partial charge on any atom is -0.481 e. The van der Waals surface area contributed by atoms with Gasteiger partial charge in [0.15, 0.2) is 0 Å². The van der Waals surface area contributed by atoms with Crippen molar-refractivity contribution in [2.45, 2.75) is 37.4 Å². The maximum atomic E-state index is 10.4. The molecule has 0 radical (unpaired) electrons. The lowest BCUT2D eigenvalue weighted by molar-refractivity contribution is -0.140. The molecule has 0 aliphatic carbocycles. The smallest absolute Gasteiger partial charge is 0.304 e. The molecule has 2 N–H and O–H groups in total. The molecule has 0 rings (SSSR count). The fraction of sp³-hybridized carbons (Fsp3) is 0.750. The van der Waals surface area contributed by atoms with Gasteiger partial charge in [0.25, 0.3) is 0 Å². The summed E-state index contributed by atoms with van der Waals surface area (Å²) in [5, 5.41) is 17.0. The van der Waals surface area contributed by atoms with Gasteiger partial charge in [-0.05, 0) is 12.8 Å². The van der Waals surface area contributed by atoms with Crippen molar-refractivity contribution in [2.75, 3.05) is 0 Å². The first-order chi connectivity index (χ1) is 5.89. The minimum atomic E-state index is -0.942. The van der Waals surface area contributed by atoms with Gasteiger partial charge in [0.05, 0.1) is 6.42 Å². The summed E-state index contributed by atoms with van der Waals surface area (Å²) in [7, 11) is 0. The number of hydrogen-bond donors (Lipinski definition) is 3. The first kappa shape index (κ1) is 12.3. The van der Waals surface area contributed by atoms with E-state index in [9.17, 15) is 9.59 Å². The van der Waals surface area contributed by atoms with Crippen LogP contribution in [0.5, 0.6) is 0 Å². The van der Waals surface area contributed by atoms with Gasteiger partial charge >= 0.3 is 11.9 Å². The predicted molar refractivity (Wildman–Crippen MR) is 51.1 cm³/mol. The van der Waals surface area contributed by atoms with Crippen molar-refractivity contribution in [3.63, 3.8) is 0 Å². The Labute approximate surface area is 82.4 Å². The number of carboxylic acids is 2. The van der Waals surface area contributed by atoms with Gasteiger partial charge in [-0.25, -0.2) is 0 Å². The highest BCUT2D eigenvalue weighted by atomic mass is 32.1. The van der Waals surface area contributed by atoms with E-state index in [0.29, 0.717) is 6.42 Å². The Kier molecular flexibility index (Phi) is 4.83. The summed E-state index contributed by atoms with van der Waals surface area (Å²) in [6.07, 6.45) is 0.703.